The first-order valence-electron chi connectivity index (χ1n) is 14.9. The first-order chi connectivity index (χ1) is 23.0. The number of ether oxygens (including phenoxy) is 3. The van der Waals surface area contributed by atoms with Crippen molar-refractivity contribution in [2.45, 2.75) is 13.5 Å². The van der Waals surface area contributed by atoms with Crippen LogP contribution < -0.4 is 15.0 Å². The summed E-state index contributed by atoms with van der Waals surface area (Å²) in [7, 11) is 4.72. The van der Waals surface area contributed by atoms with E-state index in [1.807, 2.05) is 23.6 Å². The van der Waals surface area contributed by atoms with Gasteiger partial charge in [-0.2, -0.15) is 0 Å². The number of imidazole rings is 1. The lowest BCUT2D eigenvalue weighted by Crippen LogP contribution is -2.37. The number of likely N-dealkylation sites (N-methyl/N-ethyl adjacent to an activating group) is 1. The van der Waals surface area contributed by atoms with Crippen LogP contribution in [-0.2, 0) is 25.7 Å². The zero-order valence-electron chi connectivity index (χ0n) is 27.0. The highest BCUT2D eigenvalue weighted by Gasteiger charge is 2.20. The van der Waals surface area contributed by atoms with Crippen molar-refractivity contribution in [3.8, 4) is 5.75 Å². The van der Waals surface area contributed by atoms with Gasteiger partial charge in [0.1, 0.15) is 11.2 Å². The van der Waals surface area contributed by atoms with Gasteiger partial charge in [0.15, 0.2) is 11.4 Å². The minimum absolute atomic E-state index is 0.0350. The molecule has 48 heavy (non-hydrogen) atoms. The highest BCUT2D eigenvalue weighted by atomic mass is 79.9. The lowest BCUT2D eigenvalue weighted by atomic mass is 10.1. The van der Waals surface area contributed by atoms with Gasteiger partial charge in [0.25, 0.3) is 5.91 Å². The molecule has 0 bridgehead atoms. The Morgan fingerprint density at radius 2 is 1.71 bits per heavy atom. The van der Waals surface area contributed by atoms with E-state index in [0.29, 0.717) is 65.1 Å². The Bertz CT molecular complexity index is 1790. The first kappa shape index (κ1) is 36.9. The largest absolute Gasteiger partial charge is 0.485 e. The maximum Gasteiger partial charge on any atom is 0.254 e. The van der Waals surface area contributed by atoms with Crippen molar-refractivity contribution in [2.24, 2.45) is 0 Å². The third kappa shape index (κ3) is 9.14. The Hall–Kier alpha value is -3.94. The van der Waals surface area contributed by atoms with Crippen molar-refractivity contribution >= 4 is 74.3 Å². The molecule has 11 nitrogen and oxygen atoms in total. The number of carbonyl (C=O) groups is 3. The van der Waals surface area contributed by atoms with Crippen LogP contribution in [0.15, 0.2) is 65.4 Å². The Balaban J connectivity index is 1.34. The monoisotopic (exact) mass is 759 g/mol. The standard InChI is InChI=1S/C34H36BrCl2N5O6/c1-22-32(35)42-15-5-6-28(33(42)39-22)48-21-25-26(36)12-13-27(31(25)37)40(2)30(44)20-38-29(43)14-9-23-7-10-24(11-8-23)34(45)41(16-18-46-3)17-19-47-4/h5-15H,16-21H2,1-4H3,(H,38,43)/b14-9+. The maximum absolute atomic E-state index is 13.0. The van der Waals surface area contributed by atoms with Crippen molar-refractivity contribution < 1.29 is 28.6 Å². The van der Waals surface area contributed by atoms with Gasteiger partial charge >= 0.3 is 0 Å². The van der Waals surface area contributed by atoms with Crippen molar-refractivity contribution in [3.63, 3.8) is 0 Å². The Kier molecular flexibility index (Phi) is 13.4. The molecule has 2 heterocycles. The van der Waals surface area contributed by atoms with E-state index in [2.05, 4.69) is 26.2 Å². The van der Waals surface area contributed by atoms with E-state index in [9.17, 15) is 14.4 Å². The number of hydrogen-bond acceptors (Lipinski definition) is 7. The lowest BCUT2D eigenvalue weighted by Gasteiger charge is -2.22. The van der Waals surface area contributed by atoms with Crippen LogP contribution in [0.1, 0.15) is 27.2 Å². The van der Waals surface area contributed by atoms with Gasteiger partial charge in [0.2, 0.25) is 11.8 Å². The van der Waals surface area contributed by atoms with Gasteiger partial charge < -0.3 is 29.3 Å². The molecule has 0 saturated carbocycles. The summed E-state index contributed by atoms with van der Waals surface area (Å²) in [6.07, 6.45) is 4.78. The van der Waals surface area contributed by atoms with Gasteiger partial charge in [-0.15, -0.1) is 0 Å². The molecule has 2 aromatic carbocycles. The number of carbonyl (C=O) groups excluding carboxylic acids is 3. The lowest BCUT2D eigenvalue weighted by molar-refractivity contribution is -0.122. The van der Waals surface area contributed by atoms with Crippen molar-refractivity contribution in [2.75, 3.05) is 59.0 Å². The van der Waals surface area contributed by atoms with Crippen LogP contribution in [0.3, 0.4) is 0 Å². The number of amides is 3. The third-order valence-corrected chi connectivity index (χ3v) is 9.14. The van der Waals surface area contributed by atoms with Crippen LogP contribution in [0.2, 0.25) is 10.0 Å². The van der Waals surface area contributed by atoms with Gasteiger partial charge in [-0.3, -0.25) is 18.8 Å². The summed E-state index contributed by atoms with van der Waals surface area (Å²) in [4.78, 5) is 46.0. The summed E-state index contributed by atoms with van der Waals surface area (Å²) in [5, 5.41) is 3.22. The topological polar surface area (TPSA) is 115 Å². The van der Waals surface area contributed by atoms with Gasteiger partial charge in [-0.25, -0.2) is 4.98 Å². The number of hydrogen-bond donors (Lipinski definition) is 1. The summed E-state index contributed by atoms with van der Waals surface area (Å²) in [6, 6.07) is 13.8. The fraction of sp³-hybridized carbons (Fsp3) is 0.294. The van der Waals surface area contributed by atoms with Gasteiger partial charge in [0.05, 0.1) is 36.2 Å². The molecule has 0 aliphatic carbocycles. The summed E-state index contributed by atoms with van der Waals surface area (Å²) in [5.74, 6) is -0.467. The number of aromatic nitrogens is 2. The molecule has 0 spiro atoms. The molecule has 0 atom stereocenters. The number of benzene rings is 2. The molecule has 4 rings (SSSR count). The maximum atomic E-state index is 13.0. The zero-order valence-corrected chi connectivity index (χ0v) is 30.1. The van der Waals surface area contributed by atoms with Crippen molar-refractivity contribution in [1.29, 1.82) is 0 Å². The molecule has 0 aliphatic rings. The van der Waals surface area contributed by atoms with Crippen LogP contribution in [0, 0.1) is 6.92 Å². The number of anilines is 1. The van der Waals surface area contributed by atoms with Crippen LogP contribution in [0.4, 0.5) is 5.69 Å². The molecule has 3 amide bonds. The number of aryl methyl sites for hydroxylation is 1. The zero-order chi connectivity index (χ0) is 34.8. The predicted octanol–water partition coefficient (Wildman–Crippen LogP) is 5.82. The second-order valence-corrected chi connectivity index (χ2v) is 12.1. The number of nitrogens with zero attached hydrogens (tertiary/aromatic N) is 4. The molecule has 254 valence electrons. The summed E-state index contributed by atoms with van der Waals surface area (Å²) >= 11 is 16.7. The highest BCUT2D eigenvalue weighted by molar-refractivity contribution is 9.10. The van der Waals surface area contributed by atoms with Crippen molar-refractivity contribution in [1.82, 2.24) is 19.6 Å². The fourth-order valence-electron chi connectivity index (χ4n) is 4.65. The summed E-state index contributed by atoms with van der Waals surface area (Å²) in [5.41, 5.74) is 3.57. The third-order valence-electron chi connectivity index (χ3n) is 7.40. The van der Waals surface area contributed by atoms with Gasteiger partial charge in [0, 0.05) is 62.8 Å². The summed E-state index contributed by atoms with van der Waals surface area (Å²) in [6.45, 7) is 3.36. The summed E-state index contributed by atoms with van der Waals surface area (Å²) < 4.78 is 19.0. The quantitative estimate of drug-likeness (QED) is 0.152. The normalized spacial score (nSPS) is 11.2. The molecular formula is C34H36BrCl2N5O6. The van der Waals surface area contributed by atoms with Crippen LogP contribution in [-0.4, -0.2) is 86.1 Å². The van der Waals surface area contributed by atoms with E-state index in [0.717, 1.165) is 10.3 Å². The van der Waals surface area contributed by atoms with E-state index in [1.165, 1.54) is 11.0 Å². The van der Waals surface area contributed by atoms with E-state index >= 15 is 0 Å². The van der Waals surface area contributed by atoms with Crippen LogP contribution in [0.5, 0.6) is 5.75 Å². The smallest absolute Gasteiger partial charge is 0.254 e. The minimum atomic E-state index is -0.464. The molecule has 0 radical (unpaired) electrons. The molecule has 2 aromatic heterocycles. The van der Waals surface area contributed by atoms with Crippen LogP contribution >= 0.6 is 39.1 Å². The molecule has 0 saturated heterocycles. The second-order valence-electron chi connectivity index (χ2n) is 10.6. The van der Waals surface area contributed by atoms with Crippen molar-refractivity contribution in [3.05, 3.63) is 97.8 Å². The van der Waals surface area contributed by atoms with E-state index in [-0.39, 0.29) is 24.1 Å². The fourth-order valence-corrected chi connectivity index (χ4v) is 5.63. The van der Waals surface area contributed by atoms with E-state index in [4.69, 9.17) is 37.4 Å². The van der Waals surface area contributed by atoms with Crippen LogP contribution in [0.25, 0.3) is 11.7 Å². The average Bonchev–Trinajstić information content (AvgIpc) is 3.39. The SMILES string of the molecule is COCCN(CCOC)C(=O)c1ccc(/C=C/C(=O)NCC(=O)N(C)c2ccc(Cl)c(COc3cccn4c(Br)c(C)nc34)c2Cl)cc1. The Morgan fingerprint density at radius 3 is 2.38 bits per heavy atom. The average molecular weight is 762 g/mol. The molecule has 4 aromatic rings. The molecule has 14 heteroatoms. The number of nitrogens with one attached hydrogen (secondary N) is 1. The molecule has 0 unspecified atom stereocenters. The number of halogens is 3. The Labute approximate surface area is 297 Å². The van der Waals surface area contributed by atoms with E-state index in [1.54, 1.807) is 74.7 Å². The number of methoxy groups -OCH3 is 2. The number of pyridine rings is 1. The second kappa shape index (κ2) is 17.5. The predicted molar refractivity (Wildman–Crippen MR) is 190 cm³/mol. The minimum Gasteiger partial charge on any atom is -0.485 e. The highest BCUT2D eigenvalue weighted by Crippen LogP contribution is 2.35. The van der Waals surface area contributed by atoms with E-state index < -0.39 is 11.8 Å². The Morgan fingerprint density at radius 1 is 1.02 bits per heavy atom. The molecule has 0 aliphatic heterocycles. The molecule has 0 fully saturated rings. The molecule has 1 N–H and O–H groups in total. The number of fused-ring (bicyclic) bond motifs is 1. The molecular weight excluding hydrogens is 725 g/mol. The number of rotatable bonds is 15. The van der Waals surface area contributed by atoms with Gasteiger partial charge in [-0.1, -0.05) is 35.3 Å². The van der Waals surface area contributed by atoms with Gasteiger partial charge in [-0.05, 0) is 70.9 Å². The first-order valence-corrected chi connectivity index (χ1v) is 16.4.